The Labute approximate surface area is 166 Å². The minimum Gasteiger partial charge on any atom is -0.321 e. The van der Waals surface area contributed by atoms with Crippen LogP contribution in [0.25, 0.3) is 22.0 Å². The van der Waals surface area contributed by atoms with E-state index in [1.165, 1.54) is 6.07 Å². The Bertz CT molecular complexity index is 1260. The monoisotopic (exact) mass is 388 g/mol. The molecule has 1 amide bonds. The van der Waals surface area contributed by atoms with Gasteiger partial charge in [-0.25, -0.2) is 0 Å². The first-order chi connectivity index (χ1) is 13.5. The Morgan fingerprint density at radius 2 is 1.71 bits per heavy atom. The highest BCUT2D eigenvalue weighted by Gasteiger charge is 2.13. The van der Waals surface area contributed by atoms with Crippen molar-refractivity contribution in [1.82, 2.24) is 4.98 Å². The number of aryl methyl sites for hydroxylation is 1. The fourth-order valence-electron chi connectivity index (χ4n) is 3.09. The van der Waals surface area contributed by atoms with Gasteiger partial charge in [0.05, 0.1) is 10.7 Å². The Morgan fingerprint density at radius 1 is 0.929 bits per heavy atom. The minimum absolute atomic E-state index is 0.0289. The zero-order chi connectivity index (χ0) is 19.7. The number of anilines is 1. The van der Waals surface area contributed by atoms with Crippen molar-refractivity contribution in [1.29, 1.82) is 0 Å². The van der Waals surface area contributed by atoms with E-state index in [4.69, 9.17) is 11.6 Å². The number of halogens is 1. The van der Waals surface area contributed by atoms with Gasteiger partial charge in [0.2, 0.25) is 0 Å². The normalized spacial score (nSPS) is 10.8. The van der Waals surface area contributed by atoms with Gasteiger partial charge in [-0.3, -0.25) is 9.59 Å². The molecule has 0 unspecified atom stereocenters. The zero-order valence-electron chi connectivity index (χ0n) is 15.1. The Kier molecular flexibility index (Phi) is 4.72. The van der Waals surface area contributed by atoms with E-state index in [-0.39, 0.29) is 5.56 Å². The number of H-pyrrole nitrogens is 1. The summed E-state index contributed by atoms with van der Waals surface area (Å²) in [5.41, 5.74) is 2.56. The molecule has 0 spiro atoms. The molecule has 0 aliphatic carbocycles. The van der Waals surface area contributed by atoms with Crippen LogP contribution in [-0.2, 0) is 0 Å². The molecule has 0 atom stereocenters. The summed E-state index contributed by atoms with van der Waals surface area (Å²) in [6.07, 6.45) is 0. The lowest BCUT2D eigenvalue weighted by atomic mass is 10.0. The second kappa shape index (κ2) is 7.33. The lowest BCUT2D eigenvalue weighted by Crippen LogP contribution is -2.23. The number of aromatic amines is 1. The van der Waals surface area contributed by atoms with Crippen LogP contribution in [0, 0.1) is 6.92 Å². The molecule has 2 N–H and O–H groups in total. The van der Waals surface area contributed by atoms with E-state index in [1.54, 1.807) is 18.2 Å². The number of aromatic nitrogens is 1. The smallest absolute Gasteiger partial charge is 0.261 e. The van der Waals surface area contributed by atoms with Crippen LogP contribution >= 0.6 is 11.6 Å². The predicted octanol–water partition coefficient (Wildman–Crippen LogP) is 5.41. The van der Waals surface area contributed by atoms with Gasteiger partial charge in [0, 0.05) is 5.69 Å². The van der Waals surface area contributed by atoms with Crippen LogP contribution in [0.15, 0.2) is 77.6 Å². The van der Waals surface area contributed by atoms with Crippen molar-refractivity contribution in [3.05, 3.63) is 99.3 Å². The first-order valence-corrected chi connectivity index (χ1v) is 9.19. The van der Waals surface area contributed by atoms with Gasteiger partial charge >= 0.3 is 0 Å². The van der Waals surface area contributed by atoms with E-state index in [0.29, 0.717) is 16.4 Å². The van der Waals surface area contributed by atoms with Crippen molar-refractivity contribution in [2.75, 3.05) is 5.32 Å². The molecule has 0 radical (unpaired) electrons. The number of hydrogen-bond donors (Lipinski definition) is 2. The summed E-state index contributed by atoms with van der Waals surface area (Å²) >= 11 is 6.15. The number of rotatable bonds is 3. The van der Waals surface area contributed by atoms with Gasteiger partial charge in [-0.15, -0.1) is 0 Å². The van der Waals surface area contributed by atoms with Crippen LogP contribution < -0.4 is 10.9 Å². The zero-order valence-corrected chi connectivity index (χ0v) is 15.9. The van der Waals surface area contributed by atoms with Crippen LogP contribution in [-0.4, -0.2) is 10.9 Å². The van der Waals surface area contributed by atoms with E-state index in [9.17, 15) is 9.59 Å². The molecular formula is C23H17ClN2O2. The summed E-state index contributed by atoms with van der Waals surface area (Å²) in [7, 11) is 0. The molecule has 138 valence electrons. The quantitative estimate of drug-likeness (QED) is 0.493. The highest BCUT2D eigenvalue weighted by molar-refractivity contribution is 6.34. The maximum atomic E-state index is 12.5. The average Bonchev–Trinajstić information content (AvgIpc) is 2.69. The molecule has 5 heteroatoms. The SMILES string of the molecule is Cc1ccc(NC(=O)c2ccc(-c3ccc4ccccc4c3)[nH]c2=O)c(Cl)c1. The van der Waals surface area contributed by atoms with Crippen molar-refractivity contribution < 1.29 is 4.79 Å². The number of carbonyl (C=O) groups excluding carboxylic acids is 1. The van der Waals surface area contributed by atoms with E-state index < -0.39 is 11.5 Å². The van der Waals surface area contributed by atoms with E-state index in [1.807, 2.05) is 55.5 Å². The molecule has 0 saturated carbocycles. The number of fused-ring (bicyclic) bond motifs is 1. The Hall–Kier alpha value is -3.37. The second-order valence-electron chi connectivity index (χ2n) is 6.61. The molecule has 0 fully saturated rings. The molecule has 3 aromatic carbocycles. The fraction of sp³-hybridized carbons (Fsp3) is 0.0435. The lowest BCUT2D eigenvalue weighted by molar-refractivity contribution is 0.102. The predicted molar refractivity (Wildman–Crippen MR) is 114 cm³/mol. The molecule has 0 saturated heterocycles. The Morgan fingerprint density at radius 3 is 2.46 bits per heavy atom. The standard InChI is InChI=1S/C23H17ClN2O2/c1-14-6-10-21(19(24)12-14)26-23(28)18-9-11-20(25-22(18)27)17-8-7-15-4-2-3-5-16(15)13-17/h2-13H,1H3,(H,25,27)(H,26,28). The van der Waals surface area contributed by atoms with Crippen LogP contribution in [0.3, 0.4) is 0 Å². The molecule has 4 rings (SSSR count). The third kappa shape index (κ3) is 3.55. The summed E-state index contributed by atoms with van der Waals surface area (Å²) < 4.78 is 0. The van der Waals surface area contributed by atoms with Gasteiger partial charge < -0.3 is 10.3 Å². The summed E-state index contributed by atoms with van der Waals surface area (Å²) in [6.45, 7) is 1.91. The number of nitrogens with one attached hydrogen (secondary N) is 2. The number of amides is 1. The van der Waals surface area contributed by atoms with Crippen molar-refractivity contribution >= 4 is 34.0 Å². The topological polar surface area (TPSA) is 62.0 Å². The third-order valence-corrected chi connectivity index (χ3v) is 4.90. The Balaban J connectivity index is 1.63. The van der Waals surface area contributed by atoms with E-state index in [0.717, 1.165) is 21.9 Å². The highest BCUT2D eigenvalue weighted by atomic mass is 35.5. The van der Waals surface area contributed by atoms with E-state index in [2.05, 4.69) is 10.3 Å². The van der Waals surface area contributed by atoms with Gasteiger partial charge in [0.15, 0.2) is 0 Å². The van der Waals surface area contributed by atoms with Crippen molar-refractivity contribution in [2.45, 2.75) is 6.92 Å². The molecule has 0 aliphatic rings. The van der Waals surface area contributed by atoms with Crippen LogP contribution in [0.2, 0.25) is 5.02 Å². The summed E-state index contributed by atoms with van der Waals surface area (Å²) in [5, 5.41) is 5.32. The number of carbonyl (C=O) groups is 1. The number of benzene rings is 3. The van der Waals surface area contributed by atoms with Gasteiger partial charge in [0.1, 0.15) is 5.56 Å². The second-order valence-corrected chi connectivity index (χ2v) is 7.02. The molecule has 0 bridgehead atoms. The van der Waals surface area contributed by atoms with Gasteiger partial charge in [-0.05, 0) is 59.2 Å². The molecule has 1 aromatic heterocycles. The fourth-order valence-corrected chi connectivity index (χ4v) is 3.37. The largest absolute Gasteiger partial charge is 0.321 e. The molecule has 4 nitrogen and oxygen atoms in total. The van der Waals surface area contributed by atoms with Gasteiger partial charge in [0.25, 0.3) is 11.5 Å². The third-order valence-electron chi connectivity index (χ3n) is 4.59. The first kappa shape index (κ1) is 18.0. The number of pyridine rings is 1. The first-order valence-electron chi connectivity index (χ1n) is 8.81. The minimum atomic E-state index is -0.503. The van der Waals surface area contributed by atoms with Gasteiger partial charge in [-0.1, -0.05) is 54.1 Å². The highest BCUT2D eigenvalue weighted by Crippen LogP contribution is 2.24. The van der Waals surface area contributed by atoms with Crippen LogP contribution in [0.4, 0.5) is 5.69 Å². The lowest BCUT2D eigenvalue weighted by Gasteiger charge is -2.09. The summed E-state index contributed by atoms with van der Waals surface area (Å²) in [5.74, 6) is -0.503. The van der Waals surface area contributed by atoms with Gasteiger partial charge in [-0.2, -0.15) is 0 Å². The molecule has 0 aliphatic heterocycles. The molecule has 28 heavy (non-hydrogen) atoms. The van der Waals surface area contributed by atoms with E-state index >= 15 is 0 Å². The van der Waals surface area contributed by atoms with Crippen molar-refractivity contribution in [3.8, 4) is 11.3 Å². The van der Waals surface area contributed by atoms with Crippen LogP contribution in [0.5, 0.6) is 0 Å². The average molecular weight is 389 g/mol. The number of hydrogen-bond acceptors (Lipinski definition) is 2. The summed E-state index contributed by atoms with van der Waals surface area (Å²) in [6, 6.07) is 22.5. The summed E-state index contributed by atoms with van der Waals surface area (Å²) in [4.78, 5) is 27.8. The molecule has 1 heterocycles. The molecular weight excluding hydrogens is 372 g/mol. The van der Waals surface area contributed by atoms with Crippen LogP contribution in [0.1, 0.15) is 15.9 Å². The maximum Gasteiger partial charge on any atom is 0.261 e. The molecule has 4 aromatic rings. The maximum absolute atomic E-state index is 12.5. The van der Waals surface area contributed by atoms with Crippen molar-refractivity contribution in [2.24, 2.45) is 0 Å². The van der Waals surface area contributed by atoms with Crippen molar-refractivity contribution in [3.63, 3.8) is 0 Å².